The van der Waals surface area contributed by atoms with Gasteiger partial charge in [0, 0.05) is 0 Å². The van der Waals surface area contributed by atoms with E-state index in [1.807, 2.05) is 19.9 Å². The van der Waals surface area contributed by atoms with Gasteiger partial charge in [0.05, 0.1) is 16.0 Å². The fraction of sp³-hybridized carbons (Fsp3) is 0.471. The number of hydrogen-bond acceptors (Lipinski definition) is 2. The van der Waals surface area contributed by atoms with Gasteiger partial charge in [-0.15, -0.1) is 0 Å². The molecule has 1 aromatic rings. The van der Waals surface area contributed by atoms with Gasteiger partial charge in [-0.25, -0.2) is 0 Å². The number of allylic oxidation sites excluding steroid dienone is 2. The number of carbonyl (C=O) groups is 1. The molecule has 0 bridgehead atoms. The van der Waals surface area contributed by atoms with Gasteiger partial charge in [0.15, 0.2) is 0 Å². The van der Waals surface area contributed by atoms with Crippen molar-refractivity contribution in [2.45, 2.75) is 34.3 Å². The molecule has 0 aromatic heterocycles. The van der Waals surface area contributed by atoms with E-state index in [9.17, 15) is 4.79 Å². The van der Waals surface area contributed by atoms with Gasteiger partial charge in [0.25, 0.3) is 0 Å². The Balaban J connectivity index is 1.97. The number of esters is 1. The maximum absolute atomic E-state index is 12.2. The molecule has 1 aromatic carbocycles. The highest BCUT2D eigenvalue weighted by Crippen LogP contribution is 2.59. The quantitative estimate of drug-likeness (QED) is 0.556. The van der Waals surface area contributed by atoms with Crippen LogP contribution in [0.4, 0.5) is 0 Å². The Hall–Kier alpha value is -0.990. The van der Waals surface area contributed by atoms with Gasteiger partial charge in [-0.3, -0.25) is 4.79 Å². The van der Waals surface area contributed by atoms with Gasteiger partial charge in [0.1, 0.15) is 6.61 Å². The second kappa shape index (κ2) is 6.02. The third-order valence-electron chi connectivity index (χ3n) is 4.04. The second-order valence-corrected chi connectivity index (χ2v) is 7.24. The van der Waals surface area contributed by atoms with Crippen molar-refractivity contribution in [3.05, 3.63) is 45.5 Å². The van der Waals surface area contributed by atoms with E-state index in [0.29, 0.717) is 10.0 Å². The minimum absolute atomic E-state index is 0.0218. The lowest BCUT2D eigenvalue weighted by Crippen LogP contribution is -2.10. The van der Waals surface area contributed by atoms with Gasteiger partial charge < -0.3 is 4.74 Å². The molecule has 1 aliphatic carbocycles. The van der Waals surface area contributed by atoms with Gasteiger partial charge in [-0.1, -0.05) is 54.8 Å². The standard InChI is InChI=1S/C17H20Cl2O2/c1-10(2)7-12-15(17(12,3)4)16(20)21-9-11-5-6-13(18)14(19)8-11/h5-8,12,15H,9H2,1-4H3/t12-,15-/m1/s1. The van der Waals surface area contributed by atoms with Gasteiger partial charge in [0.2, 0.25) is 0 Å². The topological polar surface area (TPSA) is 26.3 Å². The molecule has 4 heteroatoms. The van der Waals surface area contributed by atoms with Crippen molar-refractivity contribution in [1.82, 2.24) is 0 Å². The van der Waals surface area contributed by atoms with Crippen LogP contribution >= 0.6 is 23.2 Å². The number of rotatable bonds is 4. The fourth-order valence-electron chi connectivity index (χ4n) is 2.67. The minimum atomic E-state index is -0.145. The van der Waals surface area contributed by atoms with Crippen molar-refractivity contribution in [1.29, 1.82) is 0 Å². The van der Waals surface area contributed by atoms with Gasteiger partial charge in [-0.2, -0.15) is 0 Å². The Morgan fingerprint density at radius 3 is 2.52 bits per heavy atom. The van der Waals surface area contributed by atoms with Crippen LogP contribution in [0.1, 0.15) is 33.3 Å². The molecule has 1 saturated carbocycles. The smallest absolute Gasteiger partial charge is 0.310 e. The van der Waals surface area contributed by atoms with Crippen LogP contribution in [0.5, 0.6) is 0 Å². The predicted octanol–water partition coefficient (Wildman–Crippen LogP) is 5.28. The number of ether oxygens (including phenoxy) is 1. The van der Waals surface area contributed by atoms with E-state index in [0.717, 1.165) is 5.56 Å². The molecular formula is C17H20Cl2O2. The Morgan fingerprint density at radius 1 is 1.29 bits per heavy atom. The van der Waals surface area contributed by atoms with Crippen molar-refractivity contribution >= 4 is 29.2 Å². The lowest BCUT2D eigenvalue weighted by Gasteiger charge is -2.06. The third kappa shape index (κ3) is 3.61. The molecule has 0 saturated heterocycles. The molecule has 0 radical (unpaired) electrons. The van der Waals surface area contributed by atoms with E-state index < -0.39 is 0 Å². The predicted molar refractivity (Wildman–Crippen MR) is 86.5 cm³/mol. The first kappa shape index (κ1) is 16.4. The molecule has 0 spiro atoms. The van der Waals surface area contributed by atoms with Crippen LogP contribution in [0.25, 0.3) is 0 Å². The number of carbonyl (C=O) groups excluding carboxylic acids is 1. The highest BCUT2D eigenvalue weighted by Gasteiger charge is 2.61. The zero-order valence-electron chi connectivity index (χ0n) is 12.7. The minimum Gasteiger partial charge on any atom is -0.461 e. The third-order valence-corrected chi connectivity index (χ3v) is 4.78. The first-order valence-corrected chi connectivity index (χ1v) is 7.74. The number of hydrogen-bond donors (Lipinski definition) is 0. The normalized spacial score (nSPS) is 22.6. The summed E-state index contributed by atoms with van der Waals surface area (Å²) in [5.41, 5.74) is 2.05. The van der Waals surface area contributed by atoms with E-state index in [1.54, 1.807) is 12.1 Å². The number of benzene rings is 1. The monoisotopic (exact) mass is 326 g/mol. The molecule has 0 N–H and O–H groups in total. The fourth-order valence-corrected chi connectivity index (χ4v) is 2.99. The molecule has 2 rings (SSSR count). The van der Waals surface area contributed by atoms with Crippen LogP contribution in [0.15, 0.2) is 29.8 Å². The zero-order valence-corrected chi connectivity index (χ0v) is 14.3. The average molecular weight is 327 g/mol. The Bertz CT molecular complexity index is 586. The van der Waals surface area contributed by atoms with Gasteiger partial charge in [-0.05, 0) is 42.9 Å². The molecule has 2 nitrogen and oxygen atoms in total. The molecule has 21 heavy (non-hydrogen) atoms. The van der Waals surface area contributed by atoms with Crippen molar-refractivity contribution in [2.24, 2.45) is 17.3 Å². The van der Waals surface area contributed by atoms with Crippen LogP contribution in [0, 0.1) is 17.3 Å². The largest absolute Gasteiger partial charge is 0.461 e. The number of halogens is 2. The van der Waals surface area contributed by atoms with E-state index in [-0.39, 0.29) is 29.8 Å². The van der Waals surface area contributed by atoms with E-state index >= 15 is 0 Å². The molecular weight excluding hydrogens is 307 g/mol. The molecule has 1 fully saturated rings. The zero-order chi connectivity index (χ0) is 15.8. The highest BCUT2D eigenvalue weighted by molar-refractivity contribution is 6.42. The van der Waals surface area contributed by atoms with Crippen LogP contribution < -0.4 is 0 Å². The van der Waals surface area contributed by atoms with E-state index in [4.69, 9.17) is 27.9 Å². The summed E-state index contributed by atoms with van der Waals surface area (Å²) in [7, 11) is 0. The molecule has 114 valence electrons. The summed E-state index contributed by atoms with van der Waals surface area (Å²) in [4.78, 5) is 12.2. The summed E-state index contributed by atoms with van der Waals surface area (Å²) in [6, 6.07) is 5.25. The summed E-state index contributed by atoms with van der Waals surface area (Å²) in [6.45, 7) is 8.52. The Labute approximate surface area is 136 Å². The SMILES string of the molecule is CC(C)=C[C@@H]1[C@H](C(=O)OCc2ccc(Cl)c(Cl)c2)C1(C)C. The molecule has 0 amide bonds. The average Bonchev–Trinajstić information content (AvgIpc) is 2.91. The first-order valence-electron chi connectivity index (χ1n) is 6.99. The van der Waals surface area contributed by atoms with Crippen molar-refractivity contribution in [3.8, 4) is 0 Å². The van der Waals surface area contributed by atoms with E-state index in [2.05, 4.69) is 19.9 Å². The second-order valence-electron chi connectivity index (χ2n) is 6.43. The maximum Gasteiger partial charge on any atom is 0.310 e. The summed E-state index contributed by atoms with van der Waals surface area (Å²) in [5.74, 6) is 0.0625. The summed E-state index contributed by atoms with van der Waals surface area (Å²) in [6.07, 6.45) is 2.16. The molecule has 0 aliphatic heterocycles. The van der Waals surface area contributed by atoms with Crippen molar-refractivity contribution in [2.75, 3.05) is 0 Å². The van der Waals surface area contributed by atoms with Crippen LogP contribution in [0.3, 0.4) is 0 Å². The van der Waals surface area contributed by atoms with Crippen LogP contribution in [-0.4, -0.2) is 5.97 Å². The maximum atomic E-state index is 12.2. The lowest BCUT2D eigenvalue weighted by atomic mass is 10.1. The first-order chi connectivity index (χ1) is 9.73. The lowest BCUT2D eigenvalue weighted by molar-refractivity contribution is -0.147. The van der Waals surface area contributed by atoms with Crippen molar-refractivity contribution in [3.63, 3.8) is 0 Å². The van der Waals surface area contributed by atoms with Crippen molar-refractivity contribution < 1.29 is 9.53 Å². The Kier molecular flexibility index (Phi) is 4.69. The summed E-state index contributed by atoms with van der Waals surface area (Å²) < 4.78 is 5.42. The Morgan fingerprint density at radius 2 is 1.95 bits per heavy atom. The highest BCUT2D eigenvalue weighted by atomic mass is 35.5. The van der Waals surface area contributed by atoms with E-state index in [1.165, 1.54) is 5.57 Å². The molecule has 0 unspecified atom stereocenters. The molecule has 1 aliphatic rings. The molecule has 0 heterocycles. The molecule has 2 atom stereocenters. The van der Waals surface area contributed by atoms with Gasteiger partial charge >= 0.3 is 5.97 Å². The summed E-state index contributed by atoms with van der Waals surface area (Å²) >= 11 is 11.8. The summed E-state index contributed by atoms with van der Waals surface area (Å²) in [5, 5.41) is 0.970. The van der Waals surface area contributed by atoms with Crippen LogP contribution in [-0.2, 0) is 16.1 Å². The van der Waals surface area contributed by atoms with Crippen LogP contribution in [0.2, 0.25) is 10.0 Å².